The highest BCUT2D eigenvalue weighted by molar-refractivity contribution is 9.10. The fourth-order valence-corrected chi connectivity index (χ4v) is 3.43. The Labute approximate surface area is 148 Å². The van der Waals surface area contributed by atoms with Crippen molar-refractivity contribution in [2.24, 2.45) is 0 Å². The number of rotatable bonds is 4. The maximum Gasteiger partial charge on any atom is 0.332 e. The Morgan fingerprint density at radius 3 is 2.46 bits per heavy atom. The SMILES string of the molecule is CCOC(=O)C1(NC(=O)c2ncccc2Br)Cc2ccccc2C1. The van der Waals surface area contributed by atoms with E-state index in [2.05, 4.69) is 26.2 Å². The van der Waals surface area contributed by atoms with Crippen molar-refractivity contribution in [3.63, 3.8) is 0 Å². The Bertz CT molecular complexity index is 766. The summed E-state index contributed by atoms with van der Waals surface area (Å²) in [6.07, 6.45) is 2.37. The molecule has 3 rings (SSSR count). The van der Waals surface area contributed by atoms with Crippen LogP contribution in [0.15, 0.2) is 47.1 Å². The Balaban J connectivity index is 1.92. The Hall–Kier alpha value is -2.21. The van der Waals surface area contributed by atoms with Gasteiger partial charge in [-0.25, -0.2) is 9.78 Å². The number of aromatic nitrogens is 1. The van der Waals surface area contributed by atoms with Crippen LogP contribution in [0, 0.1) is 0 Å². The monoisotopic (exact) mass is 388 g/mol. The molecule has 5 nitrogen and oxygen atoms in total. The van der Waals surface area contributed by atoms with Crippen LogP contribution in [0.3, 0.4) is 0 Å². The molecule has 0 radical (unpaired) electrons. The standard InChI is InChI=1S/C18H17BrN2O3/c1-2-24-17(23)18(10-12-6-3-4-7-13(12)11-18)21-16(22)15-14(19)8-5-9-20-15/h3-9H,2,10-11H2,1H3,(H,21,22). The van der Waals surface area contributed by atoms with Crippen molar-refractivity contribution in [2.45, 2.75) is 25.3 Å². The lowest BCUT2D eigenvalue weighted by atomic mass is 9.95. The number of ether oxygens (including phenoxy) is 1. The second-order valence-electron chi connectivity index (χ2n) is 5.71. The minimum Gasteiger partial charge on any atom is -0.464 e. The number of benzene rings is 1. The predicted molar refractivity (Wildman–Crippen MR) is 92.6 cm³/mol. The highest BCUT2D eigenvalue weighted by Gasteiger charge is 2.46. The van der Waals surface area contributed by atoms with Crippen molar-refractivity contribution >= 4 is 27.8 Å². The predicted octanol–water partition coefficient (Wildman–Crippen LogP) is 2.67. The van der Waals surface area contributed by atoms with Crippen molar-refractivity contribution < 1.29 is 14.3 Å². The highest BCUT2D eigenvalue weighted by Crippen LogP contribution is 2.31. The normalized spacial score (nSPS) is 14.8. The van der Waals surface area contributed by atoms with Crippen LogP contribution in [0.25, 0.3) is 0 Å². The smallest absolute Gasteiger partial charge is 0.332 e. The molecule has 0 aliphatic heterocycles. The summed E-state index contributed by atoms with van der Waals surface area (Å²) in [6.45, 7) is 2.02. The van der Waals surface area contributed by atoms with E-state index in [4.69, 9.17) is 4.74 Å². The number of carbonyl (C=O) groups excluding carboxylic acids is 2. The van der Waals surface area contributed by atoms with Crippen molar-refractivity contribution in [1.82, 2.24) is 10.3 Å². The molecular formula is C18H17BrN2O3. The lowest BCUT2D eigenvalue weighted by molar-refractivity contribution is -0.150. The number of nitrogens with one attached hydrogen (secondary N) is 1. The molecule has 1 N–H and O–H groups in total. The van der Waals surface area contributed by atoms with Gasteiger partial charge in [-0.15, -0.1) is 0 Å². The summed E-state index contributed by atoms with van der Waals surface area (Å²) >= 11 is 3.32. The number of pyridine rings is 1. The van der Waals surface area contributed by atoms with Crippen LogP contribution >= 0.6 is 15.9 Å². The Morgan fingerprint density at radius 1 is 1.21 bits per heavy atom. The van der Waals surface area contributed by atoms with Gasteiger partial charge in [-0.05, 0) is 46.1 Å². The number of hydrogen-bond donors (Lipinski definition) is 1. The zero-order valence-corrected chi connectivity index (χ0v) is 14.8. The van der Waals surface area contributed by atoms with E-state index in [1.54, 1.807) is 25.3 Å². The summed E-state index contributed by atoms with van der Waals surface area (Å²) in [6, 6.07) is 11.3. The minimum absolute atomic E-state index is 0.247. The Morgan fingerprint density at radius 2 is 1.88 bits per heavy atom. The fraction of sp³-hybridized carbons (Fsp3) is 0.278. The molecule has 0 saturated carbocycles. The molecule has 2 aromatic rings. The van der Waals surface area contributed by atoms with Gasteiger partial charge in [0.05, 0.1) is 6.61 Å². The molecule has 1 aromatic carbocycles. The van der Waals surface area contributed by atoms with E-state index in [0.29, 0.717) is 17.3 Å². The number of fused-ring (bicyclic) bond motifs is 1. The topological polar surface area (TPSA) is 68.3 Å². The summed E-state index contributed by atoms with van der Waals surface area (Å²) in [5, 5.41) is 2.88. The third-order valence-corrected chi connectivity index (χ3v) is 4.74. The van der Waals surface area contributed by atoms with E-state index in [1.165, 1.54) is 0 Å². The Kier molecular flexibility index (Phi) is 4.66. The van der Waals surface area contributed by atoms with Gasteiger partial charge in [-0.1, -0.05) is 24.3 Å². The third kappa shape index (κ3) is 3.06. The molecule has 24 heavy (non-hydrogen) atoms. The van der Waals surface area contributed by atoms with Crippen molar-refractivity contribution in [2.75, 3.05) is 6.61 Å². The highest BCUT2D eigenvalue weighted by atomic mass is 79.9. The van der Waals surface area contributed by atoms with Gasteiger partial charge in [-0.3, -0.25) is 4.79 Å². The quantitative estimate of drug-likeness (QED) is 0.817. The molecule has 1 heterocycles. The zero-order chi connectivity index (χ0) is 17.2. The average Bonchev–Trinajstić information content (AvgIpc) is 2.94. The zero-order valence-electron chi connectivity index (χ0n) is 13.2. The van der Waals surface area contributed by atoms with Crippen molar-refractivity contribution in [1.29, 1.82) is 0 Å². The van der Waals surface area contributed by atoms with Crippen LogP contribution in [-0.4, -0.2) is 29.0 Å². The molecule has 1 aliphatic rings. The first kappa shape index (κ1) is 16.6. The lowest BCUT2D eigenvalue weighted by Gasteiger charge is -2.27. The lowest BCUT2D eigenvalue weighted by Crippen LogP contribution is -2.56. The molecule has 0 spiro atoms. The second-order valence-corrected chi connectivity index (χ2v) is 6.57. The van der Waals surface area contributed by atoms with Gasteiger partial charge < -0.3 is 10.1 Å². The number of amides is 1. The van der Waals surface area contributed by atoms with Gasteiger partial charge in [0, 0.05) is 23.5 Å². The van der Waals surface area contributed by atoms with E-state index in [-0.39, 0.29) is 12.3 Å². The number of carbonyl (C=O) groups is 2. The number of esters is 1. The van der Waals surface area contributed by atoms with Crippen LogP contribution < -0.4 is 5.32 Å². The van der Waals surface area contributed by atoms with Crippen LogP contribution in [0.4, 0.5) is 0 Å². The molecule has 1 aromatic heterocycles. The number of halogens is 1. The van der Waals surface area contributed by atoms with Crippen LogP contribution in [0.1, 0.15) is 28.5 Å². The molecule has 1 amide bonds. The molecule has 124 valence electrons. The average molecular weight is 389 g/mol. The first-order chi connectivity index (χ1) is 11.6. The van der Waals surface area contributed by atoms with E-state index < -0.39 is 17.4 Å². The van der Waals surface area contributed by atoms with Gasteiger partial charge in [0.2, 0.25) is 0 Å². The molecule has 0 bridgehead atoms. The minimum atomic E-state index is -1.09. The van der Waals surface area contributed by atoms with Gasteiger partial charge in [0.15, 0.2) is 0 Å². The third-order valence-electron chi connectivity index (χ3n) is 4.10. The molecule has 0 atom stereocenters. The number of hydrogen-bond acceptors (Lipinski definition) is 4. The van der Waals surface area contributed by atoms with E-state index in [1.807, 2.05) is 24.3 Å². The van der Waals surface area contributed by atoms with E-state index in [9.17, 15) is 9.59 Å². The summed E-state index contributed by atoms with van der Waals surface area (Å²) < 4.78 is 5.82. The van der Waals surface area contributed by atoms with Crippen LogP contribution in [0.2, 0.25) is 0 Å². The molecule has 6 heteroatoms. The largest absolute Gasteiger partial charge is 0.464 e. The fourth-order valence-electron chi connectivity index (χ4n) is 3.00. The second kappa shape index (κ2) is 6.73. The number of nitrogens with zero attached hydrogens (tertiary/aromatic N) is 1. The van der Waals surface area contributed by atoms with Crippen molar-refractivity contribution in [3.05, 3.63) is 63.9 Å². The maximum atomic E-state index is 12.7. The summed E-state index contributed by atoms with van der Waals surface area (Å²) in [7, 11) is 0. The van der Waals surface area contributed by atoms with E-state index in [0.717, 1.165) is 11.1 Å². The van der Waals surface area contributed by atoms with E-state index >= 15 is 0 Å². The summed E-state index contributed by atoms with van der Waals surface area (Å²) in [5.41, 5.74) is 1.25. The van der Waals surface area contributed by atoms with Crippen molar-refractivity contribution in [3.8, 4) is 0 Å². The first-order valence-electron chi connectivity index (χ1n) is 7.73. The molecule has 0 saturated heterocycles. The first-order valence-corrected chi connectivity index (χ1v) is 8.52. The van der Waals surface area contributed by atoms with Gasteiger partial charge >= 0.3 is 5.97 Å². The molecular weight excluding hydrogens is 372 g/mol. The summed E-state index contributed by atoms with van der Waals surface area (Å²) in [5.74, 6) is -0.815. The molecule has 1 aliphatic carbocycles. The summed E-state index contributed by atoms with van der Waals surface area (Å²) in [4.78, 5) is 29.4. The van der Waals surface area contributed by atoms with Gasteiger partial charge in [0.25, 0.3) is 5.91 Å². The maximum absolute atomic E-state index is 12.7. The van der Waals surface area contributed by atoms with Gasteiger partial charge in [0.1, 0.15) is 11.2 Å². The van der Waals surface area contributed by atoms with Crippen LogP contribution in [0.5, 0.6) is 0 Å². The van der Waals surface area contributed by atoms with Gasteiger partial charge in [-0.2, -0.15) is 0 Å². The van der Waals surface area contributed by atoms with Crippen LogP contribution in [-0.2, 0) is 22.4 Å². The molecule has 0 unspecified atom stereocenters. The molecule has 0 fully saturated rings.